The summed E-state index contributed by atoms with van der Waals surface area (Å²) in [6, 6.07) is 25.9. The van der Waals surface area contributed by atoms with Gasteiger partial charge in [0.05, 0.1) is 19.9 Å². The van der Waals surface area contributed by atoms with Crippen LogP contribution >= 0.6 is 0 Å². The van der Waals surface area contributed by atoms with Crippen LogP contribution in [-0.4, -0.2) is 44.8 Å². The lowest BCUT2D eigenvalue weighted by atomic mass is 9.90. The van der Waals surface area contributed by atoms with Gasteiger partial charge in [-0.1, -0.05) is 42.5 Å². The Balaban J connectivity index is 1.24. The van der Waals surface area contributed by atoms with Crippen molar-refractivity contribution in [2.24, 2.45) is 5.92 Å². The molecule has 0 bridgehead atoms. The van der Waals surface area contributed by atoms with Crippen LogP contribution in [0, 0.1) is 5.92 Å². The maximum absolute atomic E-state index is 12.7. The van der Waals surface area contributed by atoms with Gasteiger partial charge >= 0.3 is 0 Å². The van der Waals surface area contributed by atoms with E-state index in [1.54, 1.807) is 32.4 Å². The molecule has 196 valence electrons. The van der Waals surface area contributed by atoms with E-state index in [1.807, 2.05) is 18.2 Å². The lowest BCUT2D eigenvalue weighted by molar-refractivity contribution is -0.118. The Kier molecular flexibility index (Phi) is 7.92. The number of fused-ring (bicyclic) bond motifs is 1. The molecule has 1 amide bonds. The first-order valence-corrected chi connectivity index (χ1v) is 13.0. The van der Waals surface area contributed by atoms with Gasteiger partial charge in [-0.15, -0.1) is 0 Å². The number of rotatable bonds is 9. The highest BCUT2D eigenvalue weighted by Crippen LogP contribution is 2.31. The third kappa shape index (κ3) is 5.99. The number of methoxy groups -OCH3 is 2. The Morgan fingerprint density at radius 1 is 0.921 bits per heavy atom. The average molecular weight is 512 g/mol. The highest BCUT2D eigenvalue weighted by molar-refractivity contribution is 5.94. The number of ether oxygens (including phenoxy) is 3. The zero-order valence-corrected chi connectivity index (χ0v) is 21.9. The fraction of sp³-hybridized carbons (Fsp3) is 0.290. The molecule has 1 aromatic heterocycles. The largest absolute Gasteiger partial charge is 0.497 e. The van der Waals surface area contributed by atoms with E-state index in [2.05, 4.69) is 52.7 Å². The molecule has 1 saturated heterocycles. The highest BCUT2D eigenvalue weighted by Gasteiger charge is 2.21. The van der Waals surface area contributed by atoms with Gasteiger partial charge in [-0.2, -0.15) is 0 Å². The van der Waals surface area contributed by atoms with E-state index in [4.69, 9.17) is 19.2 Å². The van der Waals surface area contributed by atoms with Crippen LogP contribution in [0.25, 0.3) is 10.9 Å². The number of nitrogens with zero attached hydrogens (tertiary/aromatic N) is 2. The number of benzene rings is 3. The van der Waals surface area contributed by atoms with Crippen molar-refractivity contribution < 1.29 is 19.0 Å². The fourth-order valence-corrected chi connectivity index (χ4v) is 4.96. The number of hydrogen-bond donors (Lipinski definition) is 1. The second-order valence-electron chi connectivity index (χ2n) is 9.52. The Morgan fingerprint density at radius 3 is 2.50 bits per heavy atom. The summed E-state index contributed by atoms with van der Waals surface area (Å²) in [5.74, 6) is 3.08. The number of anilines is 2. The highest BCUT2D eigenvalue weighted by atomic mass is 16.5. The molecule has 7 heteroatoms. The minimum atomic E-state index is -0.301. The molecule has 1 aliphatic heterocycles. The van der Waals surface area contributed by atoms with Gasteiger partial charge in [0.15, 0.2) is 6.61 Å². The fourth-order valence-electron chi connectivity index (χ4n) is 4.96. The van der Waals surface area contributed by atoms with Crippen LogP contribution in [0.2, 0.25) is 0 Å². The molecule has 5 rings (SSSR count). The number of nitrogens with one attached hydrogen (secondary N) is 1. The van der Waals surface area contributed by atoms with Crippen LogP contribution in [0.4, 0.5) is 11.5 Å². The molecule has 1 N–H and O–H groups in total. The van der Waals surface area contributed by atoms with E-state index in [1.165, 1.54) is 5.56 Å². The smallest absolute Gasteiger partial charge is 0.262 e. The maximum atomic E-state index is 12.7. The van der Waals surface area contributed by atoms with Gasteiger partial charge in [-0.3, -0.25) is 4.79 Å². The predicted octanol–water partition coefficient (Wildman–Crippen LogP) is 5.73. The summed E-state index contributed by atoms with van der Waals surface area (Å²) in [4.78, 5) is 20.0. The first kappa shape index (κ1) is 25.4. The topological polar surface area (TPSA) is 72.9 Å². The Hall–Kier alpha value is -4.26. The van der Waals surface area contributed by atoms with Crippen molar-refractivity contribution in [3.8, 4) is 17.2 Å². The molecule has 38 heavy (non-hydrogen) atoms. The standard InChI is InChI=1S/C31H33N3O4/c1-36-25-12-13-27(37-2)26(20-25)32-30(35)21-38-28-10-6-9-24-11-14-29(33-31(24)28)34-17-15-23(16-18-34)19-22-7-4-3-5-8-22/h3-14,20,23H,15-19,21H2,1-2H3,(H,32,35). The molecule has 7 nitrogen and oxygen atoms in total. The van der Waals surface area contributed by atoms with E-state index in [9.17, 15) is 4.79 Å². The molecule has 0 atom stereocenters. The molecular formula is C31H33N3O4. The number of pyridine rings is 1. The average Bonchev–Trinajstić information content (AvgIpc) is 2.96. The minimum absolute atomic E-state index is 0.156. The molecule has 0 spiro atoms. The van der Waals surface area contributed by atoms with Crippen LogP contribution < -0.4 is 24.4 Å². The zero-order chi connectivity index (χ0) is 26.3. The molecule has 0 unspecified atom stereocenters. The summed E-state index contributed by atoms with van der Waals surface area (Å²) < 4.78 is 16.5. The van der Waals surface area contributed by atoms with Gasteiger partial charge in [0.25, 0.3) is 5.91 Å². The quantitative estimate of drug-likeness (QED) is 0.310. The molecular weight excluding hydrogens is 478 g/mol. The van der Waals surface area contributed by atoms with Crippen molar-refractivity contribution in [3.63, 3.8) is 0 Å². The number of hydrogen-bond acceptors (Lipinski definition) is 6. The summed E-state index contributed by atoms with van der Waals surface area (Å²) in [6.07, 6.45) is 3.41. The van der Waals surface area contributed by atoms with Crippen molar-refractivity contribution in [3.05, 3.63) is 84.4 Å². The van der Waals surface area contributed by atoms with Crippen molar-refractivity contribution in [2.45, 2.75) is 19.3 Å². The summed E-state index contributed by atoms with van der Waals surface area (Å²) in [5.41, 5.74) is 2.68. The molecule has 4 aromatic rings. The second-order valence-corrected chi connectivity index (χ2v) is 9.52. The summed E-state index contributed by atoms with van der Waals surface area (Å²) in [5, 5.41) is 3.81. The number of para-hydroxylation sites is 1. The van der Waals surface area contributed by atoms with E-state index in [0.29, 0.717) is 28.9 Å². The Bertz CT molecular complexity index is 1380. The number of piperidine rings is 1. The number of aromatic nitrogens is 1. The van der Waals surface area contributed by atoms with Crippen LogP contribution in [0.3, 0.4) is 0 Å². The molecule has 2 heterocycles. The van der Waals surface area contributed by atoms with Gasteiger partial charge in [-0.05, 0) is 61.1 Å². The predicted molar refractivity (Wildman–Crippen MR) is 150 cm³/mol. The van der Waals surface area contributed by atoms with Gasteiger partial charge in [0.2, 0.25) is 0 Å². The van der Waals surface area contributed by atoms with Crippen molar-refractivity contribution in [2.75, 3.05) is 44.1 Å². The Morgan fingerprint density at radius 2 is 1.74 bits per heavy atom. The number of carbonyl (C=O) groups is 1. The summed E-state index contributed by atoms with van der Waals surface area (Å²) >= 11 is 0. The summed E-state index contributed by atoms with van der Waals surface area (Å²) in [6.45, 7) is 1.80. The van der Waals surface area contributed by atoms with Crippen molar-refractivity contribution in [1.82, 2.24) is 4.98 Å². The van der Waals surface area contributed by atoms with Crippen LogP contribution in [-0.2, 0) is 11.2 Å². The van der Waals surface area contributed by atoms with E-state index in [-0.39, 0.29) is 12.5 Å². The Labute approximate surface area is 223 Å². The van der Waals surface area contributed by atoms with Crippen molar-refractivity contribution in [1.29, 1.82) is 0 Å². The first-order valence-electron chi connectivity index (χ1n) is 13.0. The molecule has 0 radical (unpaired) electrons. The number of amides is 1. The second kappa shape index (κ2) is 11.9. The van der Waals surface area contributed by atoms with E-state index >= 15 is 0 Å². The van der Waals surface area contributed by atoms with Gasteiger partial charge in [0, 0.05) is 24.5 Å². The van der Waals surface area contributed by atoms with E-state index < -0.39 is 0 Å². The zero-order valence-electron chi connectivity index (χ0n) is 21.9. The van der Waals surface area contributed by atoms with E-state index in [0.717, 1.165) is 49.1 Å². The lowest BCUT2D eigenvalue weighted by Crippen LogP contribution is -2.34. The molecule has 0 saturated carbocycles. The lowest BCUT2D eigenvalue weighted by Gasteiger charge is -2.33. The molecule has 0 aliphatic carbocycles. The van der Waals surface area contributed by atoms with Crippen LogP contribution in [0.5, 0.6) is 17.2 Å². The molecule has 1 aliphatic rings. The first-order chi connectivity index (χ1) is 18.6. The maximum Gasteiger partial charge on any atom is 0.262 e. The monoisotopic (exact) mass is 511 g/mol. The number of carbonyl (C=O) groups excluding carboxylic acids is 1. The summed E-state index contributed by atoms with van der Waals surface area (Å²) in [7, 11) is 3.13. The third-order valence-corrected chi connectivity index (χ3v) is 7.01. The molecule has 1 fully saturated rings. The van der Waals surface area contributed by atoms with Gasteiger partial charge in [-0.25, -0.2) is 4.98 Å². The normalized spacial score (nSPS) is 13.8. The van der Waals surface area contributed by atoms with Crippen molar-refractivity contribution >= 4 is 28.3 Å². The van der Waals surface area contributed by atoms with Crippen LogP contribution in [0.1, 0.15) is 18.4 Å². The SMILES string of the molecule is COc1ccc(OC)c(NC(=O)COc2cccc3ccc(N4CCC(Cc5ccccc5)CC4)nc23)c1. The van der Waals surface area contributed by atoms with Gasteiger partial charge in [0.1, 0.15) is 28.6 Å². The molecule has 3 aromatic carbocycles. The van der Waals surface area contributed by atoms with Gasteiger partial charge < -0.3 is 24.4 Å². The minimum Gasteiger partial charge on any atom is -0.497 e. The third-order valence-electron chi connectivity index (χ3n) is 7.01. The van der Waals surface area contributed by atoms with Crippen LogP contribution in [0.15, 0.2) is 78.9 Å².